The molecule has 1 N–H and O–H groups in total. The highest BCUT2D eigenvalue weighted by molar-refractivity contribution is 5.24. The summed E-state index contributed by atoms with van der Waals surface area (Å²) < 4.78 is 42.5. The SMILES string of the molecule is FC(F)(F)c1ccc(COC2CCNC2)cc1. The van der Waals surface area contributed by atoms with Crippen molar-refractivity contribution in [2.24, 2.45) is 0 Å². The molecule has 0 saturated carbocycles. The van der Waals surface area contributed by atoms with Gasteiger partial charge in [-0.2, -0.15) is 13.2 Å². The molecule has 1 aromatic carbocycles. The Kier molecular flexibility index (Phi) is 3.69. The Hall–Kier alpha value is -1.07. The van der Waals surface area contributed by atoms with E-state index in [1.54, 1.807) is 0 Å². The summed E-state index contributed by atoms with van der Waals surface area (Å²) in [5, 5.41) is 3.16. The molecule has 1 heterocycles. The Balaban J connectivity index is 1.89. The second-order valence-corrected chi connectivity index (χ2v) is 4.12. The standard InChI is InChI=1S/C12H14F3NO/c13-12(14,15)10-3-1-9(2-4-10)8-17-11-5-6-16-7-11/h1-4,11,16H,5-8H2. The number of hydrogen-bond acceptors (Lipinski definition) is 2. The topological polar surface area (TPSA) is 21.3 Å². The van der Waals surface area contributed by atoms with E-state index in [0.29, 0.717) is 6.61 Å². The molecule has 5 heteroatoms. The molecule has 0 aliphatic carbocycles. The molecule has 1 unspecified atom stereocenters. The van der Waals surface area contributed by atoms with Crippen molar-refractivity contribution in [3.05, 3.63) is 35.4 Å². The number of benzene rings is 1. The van der Waals surface area contributed by atoms with Gasteiger partial charge in [-0.3, -0.25) is 0 Å². The Bertz CT molecular complexity index is 355. The fourth-order valence-electron chi connectivity index (χ4n) is 1.77. The van der Waals surface area contributed by atoms with Gasteiger partial charge in [0.1, 0.15) is 0 Å². The number of halogens is 3. The molecule has 0 radical (unpaired) electrons. The Morgan fingerprint density at radius 3 is 2.47 bits per heavy atom. The second kappa shape index (κ2) is 5.06. The van der Waals surface area contributed by atoms with Crippen molar-refractivity contribution in [3.63, 3.8) is 0 Å². The van der Waals surface area contributed by atoms with Crippen LogP contribution in [-0.4, -0.2) is 19.2 Å². The fraction of sp³-hybridized carbons (Fsp3) is 0.500. The summed E-state index contributed by atoms with van der Waals surface area (Å²) in [7, 11) is 0. The van der Waals surface area contributed by atoms with E-state index in [4.69, 9.17) is 4.74 Å². The van der Waals surface area contributed by atoms with Gasteiger partial charge in [0.25, 0.3) is 0 Å². The quantitative estimate of drug-likeness (QED) is 0.883. The molecule has 0 spiro atoms. The van der Waals surface area contributed by atoms with Gasteiger partial charge in [0, 0.05) is 6.54 Å². The van der Waals surface area contributed by atoms with Gasteiger partial charge in [-0.25, -0.2) is 0 Å². The summed E-state index contributed by atoms with van der Waals surface area (Å²) in [6.45, 7) is 2.13. The normalized spacial score (nSPS) is 20.8. The third-order valence-electron chi connectivity index (χ3n) is 2.78. The average molecular weight is 245 g/mol. The lowest BCUT2D eigenvalue weighted by Crippen LogP contribution is -2.16. The van der Waals surface area contributed by atoms with Crippen LogP contribution in [0.3, 0.4) is 0 Å². The summed E-state index contributed by atoms with van der Waals surface area (Å²) in [6.07, 6.45) is -3.13. The number of rotatable bonds is 3. The van der Waals surface area contributed by atoms with Crippen molar-refractivity contribution < 1.29 is 17.9 Å². The van der Waals surface area contributed by atoms with Crippen LogP contribution in [0.5, 0.6) is 0 Å². The summed E-state index contributed by atoms with van der Waals surface area (Å²) in [5.41, 5.74) is 0.147. The summed E-state index contributed by atoms with van der Waals surface area (Å²) in [4.78, 5) is 0. The predicted molar refractivity (Wildman–Crippen MR) is 57.5 cm³/mol. The van der Waals surface area contributed by atoms with E-state index in [2.05, 4.69) is 5.32 Å². The second-order valence-electron chi connectivity index (χ2n) is 4.12. The number of alkyl halides is 3. The van der Waals surface area contributed by atoms with Gasteiger partial charge in [0.05, 0.1) is 18.3 Å². The predicted octanol–water partition coefficient (Wildman–Crippen LogP) is 2.58. The van der Waals surface area contributed by atoms with Crippen LogP contribution >= 0.6 is 0 Å². The largest absolute Gasteiger partial charge is 0.416 e. The van der Waals surface area contributed by atoms with Gasteiger partial charge in [-0.05, 0) is 30.7 Å². The van der Waals surface area contributed by atoms with Crippen molar-refractivity contribution in [1.82, 2.24) is 5.32 Å². The highest BCUT2D eigenvalue weighted by Gasteiger charge is 2.29. The van der Waals surface area contributed by atoms with Gasteiger partial charge >= 0.3 is 6.18 Å². The lowest BCUT2D eigenvalue weighted by atomic mass is 10.1. The Morgan fingerprint density at radius 1 is 1.24 bits per heavy atom. The lowest BCUT2D eigenvalue weighted by Gasteiger charge is -2.11. The zero-order chi connectivity index (χ0) is 12.3. The Morgan fingerprint density at radius 2 is 1.94 bits per heavy atom. The molecule has 1 aliphatic heterocycles. The van der Waals surface area contributed by atoms with E-state index in [9.17, 15) is 13.2 Å². The first-order valence-corrected chi connectivity index (χ1v) is 5.54. The van der Waals surface area contributed by atoms with Crippen LogP contribution in [0.15, 0.2) is 24.3 Å². The molecule has 0 amide bonds. The molecule has 1 aromatic rings. The van der Waals surface area contributed by atoms with Crippen LogP contribution in [0.1, 0.15) is 17.5 Å². The van der Waals surface area contributed by atoms with Crippen molar-refractivity contribution in [1.29, 1.82) is 0 Å². The summed E-state index contributed by atoms with van der Waals surface area (Å²) in [6, 6.07) is 5.10. The van der Waals surface area contributed by atoms with Crippen LogP contribution in [-0.2, 0) is 17.5 Å². The third-order valence-corrected chi connectivity index (χ3v) is 2.78. The zero-order valence-corrected chi connectivity index (χ0v) is 9.26. The van der Waals surface area contributed by atoms with E-state index >= 15 is 0 Å². The molecule has 94 valence electrons. The van der Waals surface area contributed by atoms with Gasteiger partial charge in [0.2, 0.25) is 0 Å². The van der Waals surface area contributed by atoms with Crippen molar-refractivity contribution >= 4 is 0 Å². The average Bonchev–Trinajstić information content (AvgIpc) is 2.78. The van der Waals surface area contributed by atoms with E-state index < -0.39 is 11.7 Å². The fourth-order valence-corrected chi connectivity index (χ4v) is 1.77. The molecule has 2 rings (SSSR count). The Labute approximate surface area is 97.8 Å². The molecule has 2 nitrogen and oxygen atoms in total. The van der Waals surface area contributed by atoms with Crippen molar-refractivity contribution in [2.75, 3.05) is 13.1 Å². The highest BCUT2D eigenvalue weighted by atomic mass is 19.4. The minimum absolute atomic E-state index is 0.178. The van der Waals surface area contributed by atoms with Crippen molar-refractivity contribution in [2.45, 2.75) is 25.3 Å². The molecule has 17 heavy (non-hydrogen) atoms. The maximum absolute atomic E-state index is 12.3. The third kappa shape index (κ3) is 3.44. The monoisotopic (exact) mass is 245 g/mol. The van der Waals surface area contributed by atoms with Crippen LogP contribution in [0.25, 0.3) is 0 Å². The van der Waals surface area contributed by atoms with E-state index in [1.807, 2.05) is 0 Å². The number of hydrogen-bond donors (Lipinski definition) is 1. The maximum Gasteiger partial charge on any atom is 0.416 e. The molecular formula is C12H14F3NO. The number of ether oxygens (including phenoxy) is 1. The smallest absolute Gasteiger partial charge is 0.372 e. The minimum atomic E-state index is -4.27. The first-order chi connectivity index (χ1) is 8.05. The van der Waals surface area contributed by atoms with Gasteiger partial charge in [-0.1, -0.05) is 12.1 Å². The van der Waals surface area contributed by atoms with E-state index in [0.717, 1.165) is 37.2 Å². The van der Waals surface area contributed by atoms with Gasteiger partial charge in [-0.15, -0.1) is 0 Å². The zero-order valence-electron chi connectivity index (χ0n) is 9.26. The van der Waals surface area contributed by atoms with Crippen molar-refractivity contribution in [3.8, 4) is 0 Å². The first kappa shape index (κ1) is 12.4. The molecule has 0 bridgehead atoms. The molecule has 1 saturated heterocycles. The van der Waals surface area contributed by atoms with E-state index in [-0.39, 0.29) is 6.10 Å². The molecular weight excluding hydrogens is 231 g/mol. The van der Waals surface area contributed by atoms with E-state index in [1.165, 1.54) is 12.1 Å². The van der Waals surface area contributed by atoms with Crippen LogP contribution in [0.2, 0.25) is 0 Å². The molecule has 1 fully saturated rings. The van der Waals surface area contributed by atoms with Crippen LogP contribution < -0.4 is 5.32 Å². The maximum atomic E-state index is 12.3. The molecule has 0 aromatic heterocycles. The van der Waals surface area contributed by atoms with Gasteiger partial charge in [0.15, 0.2) is 0 Å². The minimum Gasteiger partial charge on any atom is -0.372 e. The van der Waals surface area contributed by atoms with Crippen LogP contribution in [0, 0.1) is 0 Å². The first-order valence-electron chi connectivity index (χ1n) is 5.54. The van der Waals surface area contributed by atoms with Gasteiger partial charge < -0.3 is 10.1 Å². The molecule has 1 aliphatic rings. The highest BCUT2D eigenvalue weighted by Crippen LogP contribution is 2.29. The summed E-state index contributed by atoms with van der Waals surface area (Å²) >= 11 is 0. The molecule has 1 atom stereocenters. The number of nitrogens with one attached hydrogen (secondary N) is 1. The van der Waals surface area contributed by atoms with Crippen LogP contribution in [0.4, 0.5) is 13.2 Å². The lowest BCUT2D eigenvalue weighted by molar-refractivity contribution is -0.137. The summed E-state index contributed by atoms with van der Waals surface area (Å²) in [5.74, 6) is 0.